The molecule has 8 heteroatoms. The highest BCUT2D eigenvalue weighted by Crippen LogP contribution is 2.42. The first kappa shape index (κ1) is 27.6. The molecule has 37 heavy (non-hydrogen) atoms. The third-order valence-corrected chi connectivity index (χ3v) is 7.44. The molecule has 2 aliphatic rings. The number of benzene rings is 1. The van der Waals surface area contributed by atoms with Crippen molar-refractivity contribution in [3.8, 4) is 0 Å². The summed E-state index contributed by atoms with van der Waals surface area (Å²) < 4.78 is 29.3. The highest BCUT2D eigenvalue weighted by molar-refractivity contribution is 5.92. The Labute approximate surface area is 219 Å². The van der Waals surface area contributed by atoms with Crippen molar-refractivity contribution in [3.63, 3.8) is 0 Å². The number of carbonyl (C=O) groups is 1. The second kappa shape index (κ2) is 14.0. The Morgan fingerprint density at radius 3 is 2.59 bits per heavy atom. The summed E-state index contributed by atoms with van der Waals surface area (Å²) in [7, 11) is 1.89. The van der Waals surface area contributed by atoms with E-state index in [-0.39, 0.29) is 30.4 Å². The standard InChI is InChI=1S/C29H41NO7/c1-3-35-29-23(13-15-33-17-18-34-16-14-31)24(25-20-36-26-12-8-7-11-22(25)26)19-27(37-29)28(32)30(2)21-9-5-4-6-10-21/h7-8,11-12,19-21,23-24,29,31H,3-6,9-10,13-18H2,1-2H3/t23-,24+,29-/m1/s1. The van der Waals surface area contributed by atoms with Crippen molar-refractivity contribution in [2.75, 3.05) is 46.7 Å². The van der Waals surface area contributed by atoms with Gasteiger partial charge < -0.3 is 33.4 Å². The molecule has 1 N–H and O–H groups in total. The number of aliphatic hydroxyl groups is 1. The molecule has 1 aliphatic carbocycles. The average Bonchev–Trinajstić information content (AvgIpc) is 3.37. The lowest BCUT2D eigenvalue weighted by Gasteiger charge is -2.38. The van der Waals surface area contributed by atoms with Gasteiger partial charge in [-0.05, 0) is 38.3 Å². The second-order valence-electron chi connectivity index (χ2n) is 9.79. The molecule has 1 saturated carbocycles. The largest absolute Gasteiger partial charge is 0.464 e. The minimum absolute atomic E-state index is 0.000883. The van der Waals surface area contributed by atoms with Crippen molar-refractivity contribution in [1.82, 2.24) is 4.90 Å². The smallest absolute Gasteiger partial charge is 0.288 e. The zero-order chi connectivity index (χ0) is 26.0. The van der Waals surface area contributed by atoms with Crippen LogP contribution in [0.3, 0.4) is 0 Å². The number of hydrogen-bond donors (Lipinski definition) is 1. The number of nitrogens with zero attached hydrogens (tertiary/aromatic N) is 1. The van der Waals surface area contributed by atoms with Gasteiger partial charge in [0.2, 0.25) is 6.29 Å². The SMILES string of the molecule is CCO[C@@H]1OC(C(=O)N(C)C2CCCCC2)=C[C@H](c2coc3ccccc23)[C@H]1CCOCCOCCO. The maximum atomic E-state index is 13.6. The number of para-hydroxylation sites is 1. The fourth-order valence-electron chi connectivity index (χ4n) is 5.46. The van der Waals surface area contributed by atoms with E-state index < -0.39 is 6.29 Å². The number of furan rings is 1. The van der Waals surface area contributed by atoms with Gasteiger partial charge in [-0.25, -0.2) is 0 Å². The van der Waals surface area contributed by atoms with Gasteiger partial charge in [0.1, 0.15) is 5.58 Å². The third kappa shape index (κ3) is 6.93. The quantitative estimate of drug-likeness (QED) is 0.390. The Hall–Kier alpha value is -2.39. The van der Waals surface area contributed by atoms with E-state index in [0.717, 1.165) is 42.2 Å². The van der Waals surface area contributed by atoms with Crippen LogP contribution in [-0.2, 0) is 23.7 Å². The van der Waals surface area contributed by atoms with Gasteiger partial charge in [-0.3, -0.25) is 4.79 Å². The molecular weight excluding hydrogens is 474 g/mol. The first-order valence-electron chi connectivity index (χ1n) is 13.6. The fraction of sp³-hybridized carbons (Fsp3) is 0.621. The number of amides is 1. The summed E-state index contributed by atoms with van der Waals surface area (Å²) in [6.45, 7) is 4.07. The third-order valence-electron chi connectivity index (χ3n) is 7.44. The van der Waals surface area contributed by atoms with Crippen LogP contribution in [-0.4, -0.2) is 74.9 Å². The molecule has 204 valence electrons. The van der Waals surface area contributed by atoms with E-state index in [1.165, 1.54) is 6.42 Å². The maximum absolute atomic E-state index is 13.6. The molecule has 0 saturated heterocycles. The van der Waals surface area contributed by atoms with Gasteiger partial charge in [0, 0.05) is 49.1 Å². The van der Waals surface area contributed by atoms with E-state index in [4.69, 9.17) is 28.5 Å². The number of ether oxygens (including phenoxy) is 4. The van der Waals surface area contributed by atoms with Gasteiger partial charge >= 0.3 is 0 Å². The maximum Gasteiger partial charge on any atom is 0.288 e. The molecule has 0 unspecified atom stereocenters. The lowest BCUT2D eigenvalue weighted by atomic mass is 9.81. The highest BCUT2D eigenvalue weighted by atomic mass is 16.7. The van der Waals surface area contributed by atoms with Crippen LogP contribution in [0, 0.1) is 5.92 Å². The van der Waals surface area contributed by atoms with E-state index in [0.29, 0.717) is 45.2 Å². The van der Waals surface area contributed by atoms with E-state index in [2.05, 4.69) is 6.07 Å². The molecule has 0 bridgehead atoms. The van der Waals surface area contributed by atoms with Crippen molar-refractivity contribution in [2.24, 2.45) is 5.92 Å². The number of likely N-dealkylation sites (N-methyl/N-ethyl adjacent to an activating group) is 1. The van der Waals surface area contributed by atoms with Gasteiger partial charge in [-0.1, -0.05) is 37.5 Å². The van der Waals surface area contributed by atoms with Crippen LogP contribution < -0.4 is 0 Å². The summed E-state index contributed by atoms with van der Waals surface area (Å²) in [5.74, 6) is 0.0410. The van der Waals surface area contributed by atoms with Crippen molar-refractivity contribution >= 4 is 16.9 Å². The van der Waals surface area contributed by atoms with Crippen molar-refractivity contribution in [3.05, 3.63) is 47.9 Å². The van der Waals surface area contributed by atoms with E-state index in [9.17, 15) is 4.79 Å². The molecule has 3 atom stereocenters. The van der Waals surface area contributed by atoms with E-state index in [1.54, 1.807) is 6.26 Å². The highest BCUT2D eigenvalue weighted by Gasteiger charge is 2.40. The summed E-state index contributed by atoms with van der Waals surface area (Å²) in [6.07, 6.45) is 9.45. The van der Waals surface area contributed by atoms with Crippen LogP contribution in [0.25, 0.3) is 11.0 Å². The molecule has 1 fully saturated rings. The lowest BCUT2D eigenvalue weighted by molar-refractivity contribution is -0.172. The Morgan fingerprint density at radius 1 is 1.08 bits per heavy atom. The molecular formula is C29H41NO7. The molecule has 1 aromatic carbocycles. The molecule has 1 aromatic heterocycles. The summed E-state index contributed by atoms with van der Waals surface area (Å²) in [6, 6.07) is 8.20. The van der Waals surface area contributed by atoms with Crippen molar-refractivity contribution < 1.29 is 33.3 Å². The summed E-state index contributed by atoms with van der Waals surface area (Å²) in [5, 5.41) is 9.87. The number of carbonyl (C=O) groups excluding carboxylic acids is 1. The van der Waals surface area contributed by atoms with Crippen molar-refractivity contribution in [1.29, 1.82) is 0 Å². The molecule has 4 rings (SSSR count). The van der Waals surface area contributed by atoms with Crippen molar-refractivity contribution in [2.45, 2.75) is 63.7 Å². The molecule has 0 radical (unpaired) electrons. The van der Waals surface area contributed by atoms with Crippen LogP contribution in [0.15, 0.2) is 46.8 Å². The Bertz CT molecular complexity index is 1010. The van der Waals surface area contributed by atoms with Crippen LogP contribution >= 0.6 is 0 Å². The number of rotatable bonds is 13. The van der Waals surface area contributed by atoms with E-state index in [1.807, 2.05) is 43.1 Å². The molecule has 1 aliphatic heterocycles. The van der Waals surface area contributed by atoms with Gasteiger partial charge in [0.25, 0.3) is 5.91 Å². The number of fused-ring (bicyclic) bond motifs is 1. The minimum Gasteiger partial charge on any atom is -0.464 e. The van der Waals surface area contributed by atoms with Crippen LogP contribution in [0.1, 0.15) is 56.9 Å². The summed E-state index contributed by atoms with van der Waals surface area (Å²) >= 11 is 0. The van der Waals surface area contributed by atoms with Crippen LogP contribution in [0.5, 0.6) is 0 Å². The Kier molecular flexibility index (Phi) is 10.4. The Morgan fingerprint density at radius 2 is 1.84 bits per heavy atom. The minimum atomic E-state index is -0.582. The zero-order valence-corrected chi connectivity index (χ0v) is 22.1. The normalized spacial score (nSPS) is 22.6. The zero-order valence-electron chi connectivity index (χ0n) is 22.1. The first-order valence-corrected chi connectivity index (χ1v) is 13.6. The Balaban J connectivity index is 1.58. The monoisotopic (exact) mass is 515 g/mol. The molecule has 2 aromatic rings. The van der Waals surface area contributed by atoms with Crippen LogP contribution in [0.4, 0.5) is 0 Å². The average molecular weight is 516 g/mol. The second-order valence-corrected chi connectivity index (χ2v) is 9.79. The molecule has 0 spiro atoms. The topological polar surface area (TPSA) is 90.6 Å². The summed E-state index contributed by atoms with van der Waals surface area (Å²) in [5.41, 5.74) is 1.83. The first-order chi connectivity index (χ1) is 18.1. The molecule has 1 amide bonds. The van der Waals surface area contributed by atoms with Gasteiger partial charge in [-0.2, -0.15) is 0 Å². The van der Waals surface area contributed by atoms with Gasteiger partial charge in [0.05, 0.1) is 32.7 Å². The molecule has 8 nitrogen and oxygen atoms in total. The predicted molar refractivity (Wildman–Crippen MR) is 140 cm³/mol. The predicted octanol–water partition coefficient (Wildman–Crippen LogP) is 4.62. The van der Waals surface area contributed by atoms with Gasteiger partial charge in [0.15, 0.2) is 5.76 Å². The van der Waals surface area contributed by atoms with Crippen LogP contribution in [0.2, 0.25) is 0 Å². The number of hydrogen-bond acceptors (Lipinski definition) is 7. The lowest BCUT2D eigenvalue weighted by Crippen LogP contribution is -2.43. The summed E-state index contributed by atoms with van der Waals surface area (Å²) in [4.78, 5) is 15.5. The van der Waals surface area contributed by atoms with Gasteiger partial charge in [-0.15, -0.1) is 0 Å². The fourth-order valence-corrected chi connectivity index (χ4v) is 5.46. The number of aliphatic hydroxyl groups excluding tert-OH is 1. The number of allylic oxidation sites excluding steroid dienone is 1. The molecule has 2 heterocycles. The van der Waals surface area contributed by atoms with E-state index >= 15 is 0 Å².